The Morgan fingerprint density at radius 3 is 2.60 bits per heavy atom. The van der Waals surface area contributed by atoms with E-state index in [9.17, 15) is 12.8 Å². The SMILES string of the molecule is CN=C(NCc1cnc(C)s1)NCc1cc(F)ccc1CS(C)(=O)=O. The van der Waals surface area contributed by atoms with Crippen LogP contribution < -0.4 is 10.6 Å². The van der Waals surface area contributed by atoms with E-state index in [1.165, 1.54) is 18.2 Å². The van der Waals surface area contributed by atoms with Gasteiger partial charge in [-0.2, -0.15) is 0 Å². The van der Waals surface area contributed by atoms with Gasteiger partial charge in [-0.3, -0.25) is 4.99 Å². The van der Waals surface area contributed by atoms with E-state index in [4.69, 9.17) is 0 Å². The maximum absolute atomic E-state index is 13.5. The minimum atomic E-state index is -3.20. The van der Waals surface area contributed by atoms with Gasteiger partial charge in [-0.25, -0.2) is 17.8 Å². The summed E-state index contributed by atoms with van der Waals surface area (Å²) in [6.45, 7) is 2.78. The van der Waals surface area contributed by atoms with Gasteiger partial charge in [-0.1, -0.05) is 6.07 Å². The number of aryl methyl sites for hydroxylation is 1. The van der Waals surface area contributed by atoms with Crippen LogP contribution in [0.4, 0.5) is 4.39 Å². The summed E-state index contributed by atoms with van der Waals surface area (Å²) >= 11 is 1.59. The Balaban J connectivity index is 2.02. The van der Waals surface area contributed by atoms with Crippen molar-refractivity contribution in [2.45, 2.75) is 25.8 Å². The Morgan fingerprint density at radius 2 is 2.00 bits per heavy atom. The van der Waals surface area contributed by atoms with E-state index >= 15 is 0 Å². The number of nitrogens with zero attached hydrogens (tertiary/aromatic N) is 2. The lowest BCUT2D eigenvalue weighted by atomic mass is 10.1. The summed E-state index contributed by atoms with van der Waals surface area (Å²) in [5.41, 5.74) is 1.16. The number of sulfone groups is 1. The van der Waals surface area contributed by atoms with Gasteiger partial charge in [0.1, 0.15) is 5.82 Å². The first-order chi connectivity index (χ1) is 11.8. The molecule has 0 aliphatic heterocycles. The molecule has 2 aromatic rings. The normalized spacial score (nSPS) is 12.2. The number of nitrogens with one attached hydrogen (secondary N) is 2. The molecule has 0 fully saturated rings. The number of aliphatic imine (C=N–C) groups is 1. The largest absolute Gasteiger partial charge is 0.352 e. The fourth-order valence-corrected chi connectivity index (χ4v) is 3.82. The van der Waals surface area contributed by atoms with Crippen LogP contribution in [0, 0.1) is 12.7 Å². The van der Waals surface area contributed by atoms with E-state index in [2.05, 4.69) is 20.6 Å². The first-order valence-corrected chi connectivity index (χ1v) is 10.5. The Labute approximate surface area is 151 Å². The average Bonchev–Trinajstić information content (AvgIpc) is 2.94. The molecule has 0 unspecified atom stereocenters. The zero-order chi connectivity index (χ0) is 18.4. The zero-order valence-electron chi connectivity index (χ0n) is 14.3. The van der Waals surface area contributed by atoms with Crippen molar-refractivity contribution >= 4 is 27.1 Å². The molecule has 0 amide bonds. The van der Waals surface area contributed by atoms with Crippen LogP contribution in [-0.4, -0.2) is 32.7 Å². The molecule has 2 N–H and O–H groups in total. The van der Waals surface area contributed by atoms with Crippen LogP contribution in [-0.2, 0) is 28.7 Å². The first kappa shape index (κ1) is 19.3. The highest BCUT2D eigenvalue weighted by atomic mass is 32.2. The lowest BCUT2D eigenvalue weighted by molar-refractivity contribution is 0.599. The molecule has 0 radical (unpaired) electrons. The Morgan fingerprint density at radius 1 is 1.28 bits per heavy atom. The third-order valence-electron chi connectivity index (χ3n) is 3.36. The molecule has 0 atom stereocenters. The highest BCUT2D eigenvalue weighted by Gasteiger charge is 2.11. The van der Waals surface area contributed by atoms with Crippen molar-refractivity contribution in [1.29, 1.82) is 0 Å². The molecular formula is C16H21FN4O2S2. The van der Waals surface area contributed by atoms with Crippen molar-refractivity contribution in [1.82, 2.24) is 15.6 Å². The van der Waals surface area contributed by atoms with Gasteiger partial charge in [0, 0.05) is 30.9 Å². The highest BCUT2D eigenvalue weighted by Crippen LogP contribution is 2.14. The number of benzene rings is 1. The molecule has 0 aliphatic rings. The number of hydrogen-bond acceptors (Lipinski definition) is 5. The van der Waals surface area contributed by atoms with Crippen LogP contribution in [0.2, 0.25) is 0 Å². The van der Waals surface area contributed by atoms with Crippen LogP contribution in [0.1, 0.15) is 21.0 Å². The predicted octanol–water partition coefficient (Wildman–Crippen LogP) is 2.00. The third kappa shape index (κ3) is 6.43. The van der Waals surface area contributed by atoms with Gasteiger partial charge in [0.25, 0.3) is 0 Å². The molecule has 136 valence electrons. The van der Waals surface area contributed by atoms with Crippen LogP contribution in [0.5, 0.6) is 0 Å². The van der Waals surface area contributed by atoms with Crippen LogP contribution in [0.15, 0.2) is 29.4 Å². The van der Waals surface area contributed by atoms with Crippen molar-refractivity contribution in [3.8, 4) is 0 Å². The van der Waals surface area contributed by atoms with Gasteiger partial charge in [-0.15, -0.1) is 11.3 Å². The molecule has 2 rings (SSSR count). The van der Waals surface area contributed by atoms with Gasteiger partial charge < -0.3 is 10.6 Å². The van der Waals surface area contributed by atoms with Gasteiger partial charge in [0.15, 0.2) is 15.8 Å². The van der Waals surface area contributed by atoms with E-state index in [1.807, 2.05) is 6.92 Å². The fraction of sp³-hybridized carbons (Fsp3) is 0.375. The van der Waals surface area contributed by atoms with Crippen molar-refractivity contribution in [2.24, 2.45) is 4.99 Å². The van der Waals surface area contributed by atoms with Crippen molar-refractivity contribution in [2.75, 3.05) is 13.3 Å². The second-order valence-corrected chi connectivity index (χ2v) is 9.07. The number of aromatic nitrogens is 1. The molecule has 0 aliphatic carbocycles. The molecular weight excluding hydrogens is 363 g/mol. The second-order valence-electron chi connectivity index (χ2n) is 5.61. The molecule has 0 bridgehead atoms. The predicted molar refractivity (Wildman–Crippen MR) is 98.8 cm³/mol. The quantitative estimate of drug-likeness (QED) is 0.588. The molecule has 1 aromatic heterocycles. The third-order valence-corrected chi connectivity index (χ3v) is 5.10. The number of hydrogen-bond donors (Lipinski definition) is 2. The van der Waals surface area contributed by atoms with E-state index in [0.29, 0.717) is 23.6 Å². The van der Waals surface area contributed by atoms with Gasteiger partial charge in [-0.05, 0) is 30.2 Å². The summed E-state index contributed by atoms with van der Waals surface area (Å²) in [4.78, 5) is 9.38. The molecule has 0 saturated carbocycles. The van der Waals surface area contributed by atoms with Crippen LogP contribution in [0.3, 0.4) is 0 Å². The Bertz CT molecular complexity index is 863. The summed E-state index contributed by atoms with van der Waals surface area (Å²) in [5.74, 6) is 0.00830. The van der Waals surface area contributed by atoms with E-state index < -0.39 is 15.7 Å². The summed E-state index contributed by atoms with van der Waals surface area (Å²) in [6.07, 6.45) is 2.96. The van der Waals surface area contributed by atoms with E-state index in [1.54, 1.807) is 24.6 Å². The average molecular weight is 385 g/mol. The monoisotopic (exact) mass is 384 g/mol. The Kier molecular flexibility index (Phi) is 6.49. The van der Waals surface area contributed by atoms with Gasteiger partial charge in [0.05, 0.1) is 17.3 Å². The summed E-state index contributed by atoms with van der Waals surface area (Å²) in [5, 5.41) is 7.22. The Hall–Kier alpha value is -2.00. The topological polar surface area (TPSA) is 83.4 Å². The van der Waals surface area contributed by atoms with Crippen molar-refractivity contribution in [3.05, 3.63) is 51.2 Å². The smallest absolute Gasteiger partial charge is 0.191 e. The van der Waals surface area contributed by atoms with Gasteiger partial charge >= 0.3 is 0 Å². The number of halogens is 1. The number of guanidine groups is 1. The maximum Gasteiger partial charge on any atom is 0.191 e. The van der Waals surface area contributed by atoms with Crippen molar-refractivity contribution in [3.63, 3.8) is 0 Å². The molecule has 0 saturated heterocycles. The second kappa shape index (κ2) is 8.39. The van der Waals surface area contributed by atoms with Gasteiger partial charge in [0.2, 0.25) is 0 Å². The summed E-state index contributed by atoms with van der Waals surface area (Å²) < 4.78 is 36.6. The highest BCUT2D eigenvalue weighted by molar-refractivity contribution is 7.89. The van der Waals surface area contributed by atoms with Crippen molar-refractivity contribution < 1.29 is 12.8 Å². The summed E-state index contributed by atoms with van der Waals surface area (Å²) in [7, 11) is -1.57. The zero-order valence-corrected chi connectivity index (χ0v) is 16.0. The molecule has 1 aromatic carbocycles. The molecule has 0 spiro atoms. The van der Waals surface area contributed by atoms with E-state index in [-0.39, 0.29) is 12.3 Å². The fourth-order valence-electron chi connectivity index (χ4n) is 2.24. The molecule has 9 heteroatoms. The minimum absolute atomic E-state index is 0.129. The van der Waals surface area contributed by atoms with Crippen LogP contribution >= 0.6 is 11.3 Å². The lowest BCUT2D eigenvalue weighted by Gasteiger charge is -2.14. The standard InChI is InChI=1S/C16H21FN4O2S2/c1-11-19-8-15(24-11)9-21-16(18-2)20-7-13-6-14(17)5-4-12(13)10-25(3,22)23/h4-6,8H,7,9-10H2,1-3H3,(H2,18,20,21). The maximum atomic E-state index is 13.5. The van der Waals surface area contributed by atoms with E-state index in [0.717, 1.165) is 16.1 Å². The molecule has 1 heterocycles. The van der Waals surface area contributed by atoms with Crippen LogP contribution in [0.25, 0.3) is 0 Å². The lowest BCUT2D eigenvalue weighted by Crippen LogP contribution is -2.36. The molecule has 25 heavy (non-hydrogen) atoms. The number of rotatable bonds is 6. The number of thiazole rings is 1. The minimum Gasteiger partial charge on any atom is -0.352 e. The first-order valence-electron chi connectivity index (χ1n) is 7.57. The molecule has 6 nitrogen and oxygen atoms in total. The summed E-state index contributed by atoms with van der Waals surface area (Å²) in [6, 6.07) is 4.11.